The average Bonchev–Trinajstić information content (AvgIpc) is 2.73. The summed E-state index contributed by atoms with van der Waals surface area (Å²) < 4.78 is 16.4. The van der Waals surface area contributed by atoms with Gasteiger partial charge in [0.1, 0.15) is 19.0 Å². The standard InChI is InChI=1S/C21H18N2O4/c1-25-18-5-3-2-4-16(18)17-8-6-14(13-22-17)21(24)23-15-7-9-19-20(12-15)27-11-10-26-19/h2-9,12-13H,10-11H2,1H3,(H,23,24). The van der Waals surface area contributed by atoms with Gasteiger partial charge in [-0.15, -0.1) is 0 Å². The van der Waals surface area contributed by atoms with Gasteiger partial charge in [-0.3, -0.25) is 9.78 Å². The molecule has 0 spiro atoms. The highest BCUT2D eigenvalue weighted by molar-refractivity contribution is 6.04. The first-order valence-electron chi connectivity index (χ1n) is 8.55. The van der Waals surface area contributed by atoms with E-state index in [0.717, 1.165) is 17.0 Å². The van der Waals surface area contributed by atoms with E-state index < -0.39 is 0 Å². The topological polar surface area (TPSA) is 69.7 Å². The lowest BCUT2D eigenvalue weighted by atomic mass is 10.1. The zero-order valence-electron chi connectivity index (χ0n) is 14.8. The van der Waals surface area contributed by atoms with Crippen LogP contribution >= 0.6 is 0 Å². The second-order valence-electron chi connectivity index (χ2n) is 5.94. The molecule has 1 aromatic heterocycles. The van der Waals surface area contributed by atoms with Crippen LogP contribution in [0.1, 0.15) is 10.4 Å². The van der Waals surface area contributed by atoms with Crippen LogP contribution in [0.2, 0.25) is 0 Å². The minimum atomic E-state index is -0.245. The number of nitrogens with one attached hydrogen (secondary N) is 1. The van der Waals surface area contributed by atoms with Gasteiger partial charge in [-0.1, -0.05) is 12.1 Å². The van der Waals surface area contributed by atoms with Gasteiger partial charge < -0.3 is 19.5 Å². The second-order valence-corrected chi connectivity index (χ2v) is 5.94. The number of hydrogen-bond donors (Lipinski definition) is 1. The third kappa shape index (κ3) is 3.55. The molecule has 0 saturated carbocycles. The molecule has 2 aromatic carbocycles. The normalized spacial score (nSPS) is 12.3. The smallest absolute Gasteiger partial charge is 0.257 e. The fraction of sp³-hybridized carbons (Fsp3) is 0.143. The summed E-state index contributed by atoms with van der Waals surface area (Å²) in [5, 5.41) is 2.85. The van der Waals surface area contributed by atoms with Crippen LogP contribution in [0.3, 0.4) is 0 Å². The minimum Gasteiger partial charge on any atom is -0.496 e. The van der Waals surface area contributed by atoms with E-state index in [9.17, 15) is 4.79 Å². The van der Waals surface area contributed by atoms with Gasteiger partial charge in [0.2, 0.25) is 0 Å². The third-order valence-corrected chi connectivity index (χ3v) is 4.21. The molecule has 6 heteroatoms. The predicted octanol–water partition coefficient (Wildman–Crippen LogP) is 3.78. The summed E-state index contributed by atoms with van der Waals surface area (Å²) in [7, 11) is 1.62. The molecule has 0 saturated heterocycles. The summed E-state index contributed by atoms with van der Waals surface area (Å²) in [5.41, 5.74) is 2.71. The van der Waals surface area contributed by atoms with Crippen molar-refractivity contribution in [1.82, 2.24) is 4.98 Å². The number of para-hydroxylation sites is 1. The van der Waals surface area contributed by atoms with Crippen LogP contribution in [0.4, 0.5) is 5.69 Å². The maximum absolute atomic E-state index is 12.5. The summed E-state index contributed by atoms with van der Waals surface area (Å²) in [6, 6.07) is 16.5. The van der Waals surface area contributed by atoms with Crippen LogP contribution in [-0.4, -0.2) is 31.2 Å². The number of fused-ring (bicyclic) bond motifs is 1. The predicted molar refractivity (Wildman–Crippen MR) is 102 cm³/mol. The number of carbonyl (C=O) groups excluding carboxylic acids is 1. The van der Waals surface area contributed by atoms with E-state index in [2.05, 4.69) is 10.3 Å². The zero-order chi connectivity index (χ0) is 18.6. The Balaban J connectivity index is 1.51. The fourth-order valence-corrected chi connectivity index (χ4v) is 2.87. The number of nitrogens with zero attached hydrogens (tertiary/aromatic N) is 1. The lowest BCUT2D eigenvalue weighted by Crippen LogP contribution is -2.16. The quantitative estimate of drug-likeness (QED) is 0.765. The van der Waals surface area contributed by atoms with E-state index in [1.54, 1.807) is 43.6 Å². The van der Waals surface area contributed by atoms with Crippen LogP contribution in [0, 0.1) is 0 Å². The Bertz CT molecular complexity index is 970. The van der Waals surface area contributed by atoms with Gasteiger partial charge in [0, 0.05) is 23.5 Å². The SMILES string of the molecule is COc1ccccc1-c1ccc(C(=O)Nc2ccc3c(c2)OCCO3)cn1. The molecule has 0 bridgehead atoms. The van der Waals surface area contributed by atoms with Crippen molar-refractivity contribution < 1.29 is 19.0 Å². The molecule has 1 amide bonds. The first-order chi connectivity index (χ1) is 13.2. The minimum absolute atomic E-state index is 0.245. The Morgan fingerprint density at radius 1 is 1.04 bits per heavy atom. The highest BCUT2D eigenvalue weighted by atomic mass is 16.6. The van der Waals surface area contributed by atoms with Gasteiger partial charge >= 0.3 is 0 Å². The van der Waals surface area contributed by atoms with E-state index in [4.69, 9.17) is 14.2 Å². The van der Waals surface area contributed by atoms with Gasteiger partial charge in [-0.2, -0.15) is 0 Å². The van der Waals surface area contributed by atoms with Crippen LogP contribution in [-0.2, 0) is 0 Å². The van der Waals surface area contributed by atoms with Crippen LogP contribution < -0.4 is 19.5 Å². The van der Waals surface area contributed by atoms with Gasteiger partial charge in [0.15, 0.2) is 11.5 Å². The van der Waals surface area contributed by atoms with E-state index in [-0.39, 0.29) is 5.91 Å². The summed E-state index contributed by atoms with van der Waals surface area (Å²) in [4.78, 5) is 16.9. The fourth-order valence-electron chi connectivity index (χ4n) is 2.87. The molecule has 2 heterocycles. The van der Waals surface area contributed by atoms with Crippen LogP contribution in [0.15, 0.2) is 60.8 Å². The number of methoxy groups -OCH3 is 1. The van der Waals surface area contributed by atoms with E-state index in [1.807, 2.05) is 24.3 Å². The lowest BCUT2D eigenvalue weighted by molar-refractivity contribution is 0.102. The van der Waals surface area contributed by atoms with Gasteiger partial charge in [0.05, 0.1) is 18.4 Å². The van der Waals surface area contributed by atoms with Crippen LogP contribution in [0.25, 0.3) is 11.3 Å². The number of pyridine rings is 1. The number of rotatable bonds is 4. The highest BCUT2D eigenvalue weighted by Gasteiger charge is 2.14. The number of benzene rings is 2. The Kier molecular flexibility index (Phi) is 4.61. The first kappa shape index (κ1) is 16.9. The molecule has 0 aliphatic carbocycles. The molecule has 4 rings (SSSR count). The number of anilines is 1. The Morgan fingerprint density at radius 2 is 1.85 bits per heavy atom. The van der Waals surface area contributed by atoms with Crippen molar-refractivity contribution in [2.24, 2.45) is 0 Å². The molecule has 1 aliphatic rings. The number of hydrogen-bond acceptors (Lipinski definition) is 5. The molecule has 0 atom stereocenters. The molecular weight excluding hydrogens is 344 g/mol. The van der Waals surface area contributed by atoms with Crippen LogP contribution in [0.5, 0.6) is 17.2 Å². The maximum Gasteiger partial charge on any atom is 0.257 e. The van der Waals surface area contributed by atoms with Gasteiger partial charge in [0.25, 0.3) is 5.91 Å². The van der Waals surface area contributed by atoms with E-state index in [0.29, 0.717) is 36.0 Å². The monoisotopic (exact) mass is 362 g/mol. The van der Waals surface area contributed by atoms with Crippen molar-refractivity contribution in [1.29, 1.82) is 0 Å². The first-order valence-corrected chi connectivity index (χ1v) is 8.55. The lowest BCUT2D eigenvalue weighted by Gasteiger charge is -2.19. The number of amides is 1. The molecule has 0 fully saturated rings. The number of aromatic nitrogens is 1. The summed E-state index contributed by atoms with van der Waals surface area (Å²) in [5.74, 6) is 1.80. The Morgan fingerprint density at radius 3 is 2.63 bits per heavy atom. The molecule has 3 aromatic rings. The van der Waals surface area contributed by atoms with Crippen molar-refractivity contribution >= 4 is 11.6 Å². The molecule has 1 N–H and O–H groups in total. The van der Waals surface area contributed by atoms with Gasteiger partial charge in [-0.05, 0) is 36.4 Å². The van der Waals surface area contributed by atoms with Crippen molar-refractivity contribution in [3.05, 3.63) is 66.4 Å². The largest absolute Gasteiger partial charge is 0.496 e. The van der Waals surface area contributed by atoms with Gasteiger partial charge in [-0.25, -0.2) is 0 Å². The highest BCUT2D eigenvalue weighted by Crippen LogP contribution is 2.33. The van der Waals surface area contributed by atoms with Crippen molar-refractivity contribution in [2.75, 3.05) is 25.6 Å². The van der Waals surface area contributed by atoms with E-state index >= 15 is 0 Å². The summed E-state index contributed by atoms with van der Waals surface area (Å²) in [6.45, 7) is 1.03. The molecule has 136 valence electrons. The molecular formula is C21H18N2O4. The van der Waals surface area contributed by atoms with E-state index in [1.165, 1.54) is 0 Å². The van der Waals surface area contributed by atoms with Crippen molar-refractivity contribution in [3.63, 3.8) is 0 Å². The summed E-state index contributed by atoms with van der Waals surface area (Å²) >= 11 is 0. The molecule has 0 radical (unpaired) electrons. The third-order valence-electron chi connectivity index (χ3n) is 4.21. The average molecular weight is 362 g/mol. The molecule has 1 aliphatic heterocycles. The van der Waals surface area contributed by atoms with Crippen molar-refractivity contribution in [2.45, 2.75) is 0 Å². The Hall–Kier alpha value is -3.54. The Labute approximate surface area is 156 Å². The number of carbonyl (C=O) groups is 1. The molecule has 6 nitrogen and oxygen atoms in total. The molecule has 27 heavy (non-hydrogen) atoms. The summed E-state index contributed by atoms with van der Waals surface area (Å²) in [6.07, 6.45) is 1.55. The maximum atomic E-state index is 12.5. The number of ether oxygens (including phenoxy) is 3. The van der Waals surface area contributed by atoms with Crippen molar-refractivity contribution in [3.8, 4) is 28.5 Å². The zero-order valence-corrected chi connectivity index (χ0v) is 14.8. The second kappa shape index (κ2) is 7.37. The molecule has 0 unspecified atom stereocenters.